The van der Waals surface area contributed by atoms with Gasteiger partial charge in [0.05, 0.1) is 5.92 Å². The highest BCUT2D eigenvalue weighted by molar-refractivity contribution is 5.71. The lowest BCUT2D eigenvalue weighted by atomic mass is 9.99. The highest BCUT2D eigenvalue weighted by atomic mass is 19.3. The second-order valence-electron chi connectivity index (χ2n) is 4.27. The standard InChI is InChI=1S/C12H13F2NO2/c13-11(14)9-3-1-8(2-4-9)5-15-6-10(7-15)12(16)17/h1-4,10-11H,5-7H2,(H,16,17). The fraction of sp³-hybridized carbons (Fsp3) is 0.417. The smallest absolute Gasteiger partial charge is 0.309 e. The summed E-state index contributed by atoms with van der Waals surface area (Å²) < 4.78 is 24.6. The fourth-order valence-electron chi connectivity index (χ4n) is 1.88. The van der Waals surface area contributed by atoms with Gasteiger partial charge in [-0.15, -0.1) is 0 Å². The van der Waals surface area contributed by atoms with E-state index < -0.39 is 12.4 Å². The Morgan fingerprint density at radius 1 is 1.35 bits per heavy atom. The predicted molar refractivity (Wildman–Crippen MR) is 57.8 cm³/mol. The average molecular weight is 241 g/mol. The molecule has 0 atom stereocenters. The molecule has 1 saturated heterocycles. The van der Waals surface area contributed by atoms with Gasteiger partial charge in [-0.05, 0) is 5.56 Å². The number of hydrogen-bond acceptors (Lipinski definition) is 2. The Kier molecular flexibility index (Phi) is 3.38. The largest absolute Gasteiger partial charge is 0.481 e. The number of alkyl halides is 2. The summed E-state index contributed by atoms with van der Waals surface area (Å²) in [4.78, 5) is 12.6. The van der Waals surface area contributed by atoms with Crippen LogP contribution in [0.3, 0.4) is 0 Å². The molecule has 17 heavy (non-hydrogen) atoms. The van der Waals surface area contributed by atoms with E-state index in [1.807, 2.05) is 4.90 Å². The molecule has 0 bridgehead atoms. The molecular formula is C12H13F2NO2. The summed E-state index contributed by atoms with van der Waals surface area (Å²) in [5.41, 5.74) is 0.944. The molecule has 1 aliphatic heterocycles. The molecule has 3 nitrogen and oxygen atoms in total. The molecule has 92 valence electrons. The Balaban J connectivity index is 1.86. The summed E-state index contributed by atoms with van der Waals surface area (Å²) >= 11 is 0. The van der Waals surface area contributed by atoms with Crippen LogP contribution in [-0.4, -0.2) is 29.1 Å². The van der Waals surface area contributed by atoms with Gasteiger partial charge in [0.15, 0.2) is 0 Å². The number of carboxylic acid groups (broad SMARTS) is 1. The zero-order chi connectivity index (χ0) is 12.4. The van der Waals surface area contributed by atoms with Gasteiger partial charge in [-0.3, -0.25) is 9.69 Å². The van der Waals surface area contributed by atoms with E-state index in [1.54, 1.807) is 12.1 Å². The Hall–Kier alpha value is -1.49. The number of rotatable bonds is 4. The van der Waals surface area contributed by atoms with E-state index in [0.717, 1.165) is 5.56 Å². The minimum Gasteiger partial charge on any atom is -0.481 e. The molecule has 0 spiro atoms. The first kappa shape index (κ1) is 12.0. The Morgan fingerprint density at radius 2 is 1.94 bits per heavy atom. The summed E-state index contributed by atoms with van der Waals surface area (Å²) in [6.45, 7) is 1.69. The van der Waals surface area contributed by atoms with Crippen LogP contribution in [0, 0.1) is 5.92 Å². The van der Waals surface area contributed by atoms with E-state index in [1.165, 1.54) is 12.1 Å². The van der Waals surface area contributed by atoms with Crippen molar-refractivity contribution >= 4 is 5.97 Å². The van der Waals surface area contributed by atoms with Crippen LogP contribution in [0.5, 0.6) is 0 Å². The molecule has 0 amide bonds. The van der Waals surface area contributed by atoms with Crippen molar-refractivity contribution in [2.45, 2.75) is 13.0 Å². The molecule has 1 heterocycles. The molecule has 1 aromatic rings. The number of halogens is 2. The van der Waals surface area contributed by atoms with E-state index in [9.17, 15) is 13.6 Å². The van der Waals surface area contributed by atoms with Crippen LogP contribution in [0.4, 0.5) is 8.78 Å². The van der Waals surface area contributed by atoms with Crippen LogP contribution in [0.25, 0.3) is 0 Å². The molecule has 0 unspecified atom stereocenters. The second kappa shape index (κ2) is 4.79. The quantitative estimate of drug-likeness (QED) is 0.878. The molecular weight excluding hydrogens is 228 g/mol. The minimum atomic E-state index is -2.44. The zero-order valence-electron chi connectivity index (χ0n) is 9.14. The van der Waals surface area contributed by atoms with Crippen molar-refractivity contribution in [3.63, 3.8) is 0 Å². The van der Waals surface area contributed by atoms with E-state index in [2.05, 4.69) is 0 Å². The number of aliphatic carboxylic acids is 1. The monoisotopic (exact) mass is 241 g/mol. The normalized spacial score (nSPS) is 17.1. The molecule has 1 aromatic carbocycles. The van der Waals surface area contributed by atoms with E-state index in [4.69, 9.17) is 5.11 Å². The van der Waals surface area contributed by atoms with Crippen LogP contribution >= 0.6 is 0 Å². The van der Waals surface area contributed by atoms with E-state index >= 15 is 0 Å². The van der Waals surface area contributed by atoms with Crippen LogP contribution < -0.4 is 0 Å². The van der Waals surface area contributed by atoms with Gasteiger partial charge in [0, 0.05) is 25.2 Å². The van der Waals surface area contributed by atoms with Crippen molar-refractivity contribution in [3.05, 3.63) is 35.4 Å². The van der Waals surface area contributed by atoms with E-state index in [0.29, 0.717) is 19.6 Å². The molecule has 0 aromatic heterocycles. The predicted octanol–water partition coefficient (Wildman–Crippen LogP) is 2.14. The summed E-state index contributed by atoms with van der Waals surface area (Å²) in [5, 5.41) is 8.70. The minimum absolute atomic E-state index is 0.0146. The second-order valence-corrected chi connectivity index (χ2v) is 4.27. The number of nitrogens with zero attached hydrogens (tertiary/aromatic N) is 1. The summed E-state index contributed by atoms with van der Waals surface area (Å²) in [5.74, 6) is -1.05. The lowest BCUT2D eigenvalue weighted by Crippen LogP contribution is -2.49. The van der Waals surface area contributed by atoms with Gasteiger partial charge in [0.2, 0.25) is 0 Å². The number of benzene rings is 1. The van der Waals surface area contributed by atoms with Gasteiger partial charge < -0.3 is 5.11 Å². The third-order valence-corrected chi connectivity index (χ3v) is 2.94. The summed E-state index contributed by atoms with van der Waals surface area (Å²) in [6.07, 6.45) is -2.44. The lowest BCUT2D eigenvalue weighted by Gasteiger charge is -2.36. The van der Waals surface area contributed by atoms with Gasteiger partial charge in [0.25, 0.3) is 6.43 Å². The summed E-state index contributed by atoms with van der Waals surface area (Å²) in [6, 6.07) is 6.15. The molecule has 1 aliphatic rings. The van der Waals surface area contributed by atoms with Crippen molar-refractivity contribution < 1.29 is 18.7 Å². The molecule has 5 heteroatoms. The van der Waals surface area contributed by atoms with Gasteiger partial charge >= 0.3 is 5.97 Å². The molecule has 0 radical (unpaired) electrons. The zero-order valence-corrected chi connectivity index (χ0v) is 9.14. The lowest BCUT2D eigenvalue weighted by molar-refractivity contribution is -0.147. The molecule has 0 aliphatic carbocycles. The van der Waals surface area contributed by atoms with Crippen molar-refractivity contribution in [1.29, 1.82) is 0 Å². The topological polar surface area (TPSA) is 40.5 Å². The summed E-state index contributed by atoms with van der Waals surface area (Å²) in [7, 11) is 0. The number of likely N-dealkylation sites (tertiary alicyclic amines) is 1. The first-order valence-electron chi connectivity index (χ1n) is 5.38. The first-order chi connectivity index (χ1) is 8.06. The van der Waals surface area contributed by atoms with Crippen molar-refractivity contribution in [2.24, 2.45) is 5.92 Å². The van der Waals surface area contributed by atoms with Crippen LogP contribution in [0.15, 0.2) is 24.3 Å². The number of carbonyl (C=O) groups is 1. The van der Waals surface area contributed by atoms with Crippen LogP contribution in [0.1, 0.15) is 17.6 Å². The maximum Gasteiger partial charge on any atom is 0.309 e. The first-order valence-corrected chi connectivity index (χ1v) is 5.38. The van der Waals surface area contributed by atoms with Gasteiger partial charge in [-0.1, -0.05) is 24.3 Å². The highest BCUT2D eigenvalue weighted by Crippen LogP contribution is 2.21. The SMILES string of the molecule is O=C(O)C1CN(Cc2ccc(C(F)F)cc2)C1. The third-order valence-electron chi connectivity index (χ3n) is 2.94. The average Bonchev–Trinajstić information content (AvgIpc) is 2.23. The maximum absolute atomic E-state index is 12.3. The molecule has 0 saturated carbocycles. The number of hydrogen-bond donors (Lipinski definition) is 1. The van der Waals surface area contributed by atoms with Gasteiger partial charge in [-0.2, -0.15) is 0 Å². The van der Waals surface area contributed by atoms with Crippen LogP contribution in [0.2, 0.25) is 0 Å². The van der Waals surface area contributed by atoms with E-state index in [-0.39, 0.29) is 11.5 Å². The van der Waals surface area contributed by atoms with Crippen LogP contribution in [-0.2, 0) is 11.3 Å². The molecule has 1 fully saturated rings. The Morgan fingerprint density at radius 3 is 2.41 bits per heavy atom. The number of carboxylic acids is 1. The molecule has 2 rings (SSSR count). The van der Waals surface area contributed by atoms with Crippen molar-refractivity contribution in [1.82, 2.24) is 4.90 Å². The van der Waals surface area contributed by atoms with Gasteiger partial charge in [0.1, 0.15) is 0 Å². The highest BCUT2D eigenvalue weighted by Gasteiger charge is 2.32. The molecule has 1 N–H and O–H groups in total. The maximum atomic E-state index is 12.3. The Labute approximate surface area is 97.7 Å². The third kappa shape index (κ3) is 2.79. The van der Waals surface area contributed by atoms with Crippen molar-refractivity contribution in [2.75, 3.05) is 13.1 Å². The van der Waals surface area contributed by atoms with Crippen molar-refractivity contribution in [3.8, 4) is 0 Å². The Bertz CT molecular complexity index is 399. The fourth-order valence-corrected chi connectivity index (χ4v) is 1.88. The van der Waals surface area contributed by atoms with Gasteiger partial charge in [-0.25, -0.2) is 8.78 Å².